The first-order valence-corrected chi connectivity index (χ1v) is 8.55. The van der Waals surface area contributed by atoms with Gasteiger partial charge in [-0.15, -0.1) is 0 Å². The average molecular weight is 313 g/mol. The molecule has 0 saturated carbocycles. The van der Waals surface area contributed by atoms with Crippen LogP contribution in [0.2, 0.25) is 0 Å². The Labute approximate surface area is 137 Å². The minimum absolute atomic E-state index is 0.0931. The lowest BCUT2D eigenvalue weighted by molar-refractivity contribution is -0.116. The molecule has 2 rings (SSSR count). The van der Waals surface area contributed by atoms with Crippen LogP contribution >= 0.6 is 11.8 Å². The van der Waals surface area contributed by atoms with Crippen molar-refractivity contribution in [1.82, 2.24) is 0 Å². The molecule has 0 fully saturated rings. The fourth-order valence-corrected chi connectivity index (χ4v) is 3.21. The van der Waals surface area contributed by atoms with Gasteiger partial charge in [0.1, 0.15) is 0 Å². The summed E-state index contributed by atoms with van der Waals surface area (Å²) in [6.07, 6.45) is 2.55. The zero-order chi connectivity index (χ0) is 15.9. The highest BCUT2D eigenvalue weighted by Gasteiger charge is 2.09. The van der Waals surface area contributed by atoms with E-state index in [-0.39, 0.29) is 5.91 Å². The van der Waals surface area contributed by atoms with Crippen molar-refractivity contribution in [3.63, 3.8) is 0 Å². The minimum Gasteiger partial charge on any atom is -0.325 e. The highest BCUT2D eigenvalue weighted by molar-refractivity contribution is 7.99. The van der Waals surface area contributed by atoms with Crippen LogP contribution in [0.25, 0.3) is 0 Å². The number of aryl methyl sites for hydroxylation is 2. The Hall–Kier alpha value is -1.74. The van der Waals surface area contributed by atoms with E-state index in [2.05, 4.69) is 50.4 Å². The quantitative estimate of drug-likeness (QED) is 0.754. The third-order valence-corrected chi connectivity index (χ3v) is 4.72. The second-order valence-electron chi connectivity index (χ2n) is 5.52. The van der Waals surface area contributed by atoms with Crippen LogP contribution < -0.4 is 5.32 Å². The van der Waals surface area contributed by atoms with Crippen molar-refractivity contribution in [2.24, 2.45) is 0 Å². The molecule has 0 unspecified atom stereocenters. The normalized spacial score (nSPS) is 10.5. The van der Waals surface area contributed by atoms with Gasteiger partial charge in [0.2, 0.25) is 5.91 Å². The molecular formula is C19H23NOS. The molecule has 0 aromatic heterocycles. The monoisotopic (exact) mass is 313 g/mol. The van der Waals surface area contributed by atoms with Gasteiger partial charge in [-0.05, 0) is 44.0 Å². The van der Waals surface area contributed by atoms with E-state index in [1.54, 1.807) is 11.8 Å². The fraction of sp³-hybridized carbons (Fsp3) is 0.316. The Balaban J connectivity index is 2.16. The van der Waals surface area contributed by atoms with Gasteiger partial charge < -0.3 is 5.32 Å². The number of nitrogens with one attached hydrogen (secondary N) is 1. The Morgan fingerprint density at radius 1 is 1.09 bits per heavy atom. The molecular weight excluding hydrogens is 290 g/mol. The van der Waals surface area contributed by atoms with Crippen LogP contribution in [0.15, 0.2) is 52.3 Å². The maximum Gasteiger partial charge on any atom is 0.224 e. The highest BCUT2D eigenvalue weighted by atomic mass is 32.2. The number of para-hydroxylation sites is 1. The van der Waals surface area contributed by atoms with Crippen LogP contribution in [-0.4, -0.2) is 5.91 Å². The Kier molecular flexibility index (Phi) is 6.08. The van der Waals surface area contributed by atoms with Crippen molar-refractivity contribution in [2.45, 2.75) is 49.8 Å². The van der Waals surface area contributed by atoms with E-state index >= 15 is 0 Å². The van der Waals surface area contributed by atoms with Crippen LogP contribution in [0.1, 0.15) is 37.3 Å². The van der Waals surface area contributed by atoms with Gasteiger partial charge in [0.25, 0.3) is 0 Å². The number of hydrogen-bond donors (Lipinski definition) is 1. The van der Waals surface area contributed by atoms with Gasteiger partial charge in [-0.2, -0.15) is 0 Å². The molecule has 2 nitrogen and oxygen atoms in total. The van der Waals surface area contributed by atoms with Crippen LogP contribution in [0, 0.1) is 13.8 Å². The number of unbranched alkanes of at least 4 members (excludes halogenated alkanes) is 1. The van der Waals surface area contributed by atoms with E-state index in [0.29, 0.717) is 6.42 Å². The standard InChI is InChI=1S/C19H23NOS/c1-4-5-10-19(21)20-16-8-6-7-9-18(16)22-17-12-11-14(2)13-15(17)3/h6-9,11-13H,4-5,10H2,1-3H3,(H,20,21). The summed E-state index contributed by atoms with van der Waals surface area (Å²) >= 11 is 1.70. The minimum atomic E-state index is 0.0931. The second kappa shape index (κ2) is 8.04. The van der Waals surface area contributed by atoms with Crippen molar-refractivity contribution in [2.75, 3.05) is 5.32 Å². The predicted octanol–water partition coefficient (Wildman–Crippen LogP) is 5.58. The van der Waals surface area contributed by atoms with E-state index in [1.807, 2.05) is 18.2 Å². The zero-order valence-corrected chi connectivity index (χ0v) is 14.3. The summed E-state index contributed by atoms with van der Waals surface area (Å²) < 4.78 is 0. The summed E-state index contributed by atoms with van der Waals surface area (Å²) in [6.45, 7) is 6.32. The van der Waals surface area contributed by atoms with Gasteiger partial charge >= 0.3 is 0 Å². The molecule has 0 radical (unpaired) electrons. The Bertz CT molecular complexity index is 652. The van der Waals surface area contributed by atoms with E-state index < -0.39 is 0 Å². The molecule has 2 aromatic rings. The molecule has 0 bridgehead atoms. The van der Waals surface area contributed by atoms with Gasteiger partial charge in [0, 0.05) is 16.2 Å². The molecule has 1 N–H and O–H groups in total. The lowest BCUT2D eigenvalue weighted by atomic mass is 10.2. The number of hydrogen-bond acceptors (Lipinski definition) is 2. The SMILES string of the molecule is CCCCC(=O)Nc1ccccc1Sc1ccc(C)cc1C. The molecule has 0 saturated heterocycles. The second-order valence-corrected chi connectivity index (χ2v) is 6.60. The number of rotatable bonds is 6. The number of carbonyl (C=O) groups excluding carboxylic acids is 1. The number of anilines is 1. The fourth-order valence-electron chi connectivity index (χ4n) is 2.24. The van der Waals surface area contributed by atoms with Crippen molar-refractivity contribution in [1.29, 1.82) is 0 Å². The van der Waals surface area contributed by atoms with Gasteiger partial charge in [-0.3, -0.25) is 4.79 Å². The van der Waals surface area contributed by atoms with Gasteiger partial charge in [-0.1, -0.05) is 54.9 Å². The van der Waals surface area contributed by atoms with Crippen molar-refractivity contribution in [3.05, 3.63) is 53.6 Å². The topological polar surface area (TPSA) is 29.1 Å². The summed E-state index contributed by atoms with van der Waals surface area (Å²) in [6, 6.07) is 14.4. The van der Waals surface area contributed by atoms with Crippen LogP contribution in [0.4, 0.5) is 5.69 Å². The molecule has 0 aliphatic carbocycles. The molecule has 1 amide bonds. The smallest absolute Gasteiger partial charge is 0.224 e. The molecule has 3 heteroatoms. The van der Waals surface area contributed by atoms with Crippen LogP contribution in [0.5, 0.6) is 0 Å². The van der Waals surface area contributed by atoms with Gasteiger partial charge in [0.15, 0.2) is 0 Å². The van der Waals surface area contributed by atoms with E-state index in [1.165, 1.54) is 16.0 Å². The molecule has 116 valence electrons. The number of amides is 1. The molecule has 0 atom stereocenters. The van der Waals surface area contributed by atoms with E-state index in [9.17, 15) is 4.79 Å². The summed E-state index contributed by atoms with van der Waals surface area (Å²) in [5.41, 5.74) is 3.42. The summed E-state index contributed by atoms with van der Waals surface area (Å²) in [7, 11) is 0. The average Bonchev–Trinajstić information content (AvgIpc) is 2.50. The van der Waals surface area contributed by atoms with Crippen molar-refractivity contribution < 1.29 is 4.79 Å². The van der Waals surface area contributed by atoms with E-state index in [4.69, 9.17) is 0 Å². The first kappa shape index (κ1) is 16.6. The molecule has 0 heterocycles. The number of benzene rings is 2. The molecule has 0 aliphatic rings. The van der Waals surface area contributed by atoms with Gasteiger partial charge in [0.05, 0.1) is 5.69 Å². The zero-order valence-electron chi connectivity index (χ0n) is 13.5. The van der Waals surface area contributed by atoms with Gasteiger partial charge in [-0.25, -0.2) is 0 Å². The summed E-state index contributed by atoms with van der Waals surface area (Å²) in [5, 5.41) is 3.04. The van der Waals surface area contributed by atoms with Crippen molar-refractivity contribution >= 4 is 23.4 Å². The molecule has 0 aliphatic heterocycles. The first-order chi connectivity index (χ1) is 10.6. The third kappa shape index (κ3) is 4.63. The van der Waals surface area contributed by atoms with Crippen LogP contribution in [0.3, 0.4) is 0 Å². The highest BCUT2D eigenvalue weighted by Crippen LogP contribution is 2.35. The maximum absolute atomic E-state index is 12.0. The third-order valence-electron chi connectivity index (χ3n) is 3.47. The number of carbonyl (C=O) groups is 1. The summed E-state index contributed by atoms with van der Waals surface area (Å²) in [4.78, 5) is 14.3. The largest absolute Gasteiger partial charge is 0.325 e. The van der Waals surface area contributed by atoms with Crippen molar-refractivity contribution in [3.8, 4) is 0 Å². The Morgan fingerprint density at radius 3 is 2.59 bits per heavy atom. The lowest BCUT2D eigenvalue weighted by Crippen LogP contribution is -2.11. The molecule has 0 spiro atoms. The lowest BCUT2D eigenvalue weighted by Gasteiger charge is -2.12. The molecule has 2 aromatic carbocycles. The predicted molar refractivity (Wildman–Crippen MR) is 94.6 cm³/mol. The maximum atomic E-state index is 12.0. The van der Waals surface area contributed by atoms with E-state index in [0.717, 1.165) is 23.4 Å². The molecule has 22 heavy (non-hydrogen) atoms. The van der Waals surface area contributed by atoms with Crippen LogP contribution in [-0.2, 0) is 4.79 Å². The first-order valence-electron chi connectivity index (χ1n) is 7.74. The Morgan fingerprint density at radius 2 is 1.86 bits per heavy atom. The summed E-state index contributed by atoms with van der Waals surface area (Å²) in [5.74, 6) is 0.0931.